The number of ether oxygens (including phenoxy) is 1. The minimum Gasteiger partial charge on any atom is -0.381 e. The Hall–Kier alpha value is -1.68. The summed E-state index contributed by atoms with van der Waals surface area (Å²) in [5.41, 5.74) is -1.08. The van der Waals surface area contributed by atoms with Gasteiger partial charge in [0.2, 0.25) is 5.91 Å². The van der Waals surface area contributed by atoms with Crippen molar-refractivity contribution in [3.05, 3.63) is 23.9 Å². The number of aromatic nitrogens is 1. The molecule has 1 unspecified atom stereocenters. The molecule has 0 fully saturated rings. The lowest BCUT2D eigenvalue weighted by Gasteiger charge is -2.10. The maximum atomic E-state index is 12.3. The number of alkyl halides is 3. The summed E-state index contributed by atoms with van der Waals surface area (Å²) < 4.78 is 67.0. The van der Waals surface area contributed by atoms with Crippen LogP contribution in [0, 0.1) is 0 Å². The zero-order chi connectivity index (χ0) is 16.3. The van der Waals surface area contributed by atoms with Crippen molar-refractivity contribution >= 4 is 15.9 Å². The van der Waals surface area contributed by atoms with Gasteiger partial charge in [0.1, 0.15) is 0 Å². The fourth-order valence-electron chi connectivity index (χ4n) is 1.30. The fourth-order valence-corrected chi connectivity index (χ4v) is 2.22. The minimum atomic E-state index is -4.62. The number of hydrogen-bond donors (Lipinski definition) is 1. The normalized spacial score (nSPS) is 13.8. The van der Waals surface area contributed by atoms with Crippen molar-refractivity contribution in [3.63, 3.8) is 0 Å². The van der Waals surface area contributed by atoms with Gasteiger partial charge in [0, 0.05) is 13.3 Å². The highest BCUT2D eigenvalue weighted by atomic mass is 32.2. The molecular weight excluding hydrogens is 313 g/mol. The molecule has 0 spiro atoms. The van der Waals surface area contributed by atoms with E-state index in [9.17, 15) is 26.4 Å². The summed E-state index contributed by atoms with van der Waals surface area (Å²) in [6, 6.07) is 1.25. The number of halogens is 3. The van der Waals surface area contributed by atoms with Gasteiger partial charge < -0.3 is 4.74 Å². The predicted octanol–water partition coefficient (Wildman–Crippen LogP) is 1.33. The average Bonchev–Trinajstić information content (AvgIpc) is 2.37. The third kappa shape index (κ3) is 4.97. The van der Waals surface area contributed by atoms with Crippen LogP contribution in [0.4, 0.5) is 13.2 Å². The number of nitrogens with zero attached hydrogens (tertiary/aromatic N) is 1. The first-order chi connectivity index (χ1) is 9.56. The first-order valence-corrected chi connectivity index (χ1v) is 7.16. The van der Waals surface area contributed by atoms with E-state index in [2.05, 4.69) is 4.98 Å². The number of methoxy groups -OCH3 is 1. The van der Waals surface area contributed by atoms with E-state index in [4.69, 9.17) is 4.74 Å². The third-order valence-electron chi connectivity index (χ3n) is 2.46. The van der Waals surface area contributed by atoms with Gasteiger partial charge in [-0.25, -0.2) is 9.71 Å². The van der Waals surface area contributed by atoms with Crippen LogP contribution in [-0.4, -0.2) is 32.5 Å². The predicted molar refractivity (Wildman–Crippen MR) is 65.7 cm³/mol. The lowest BCUT2D eigenvalue weighted by Crippen LogP contribution is -2.33. The Balaban J connectivity index is 2.86. The molecule has 1 rings (SSSR count). The van der Waals surface area contributed by atoms with Gasteiger partial charge >= 0.3 is 6.18 Å². The summed E-state index contributed by atoms with van der Waals surface area (Å²) in [6.45, 7) is 1.56. The van der Waals surface area contributed by atoms with Gasteiger partial charge in [0.15, 0.2) is 5.03 Å². The molecule has 1 amide bonds. The van der Waals surface area contributed by atoms with E-state index in [0.717, 1.165) is 0 Å². The Kier molecular flexibility index (Phi) is 5.29. The Labute approximate surface area is 119 Å². The molecule has 0 radical (unpaired) electrons. The molecule has 6 nitrogen and oxygen atoms in total. The van der Waals surface area contributed by atoms with Gasteiger partial charge in [-0.05, 0) is 19.1 Å². The molecule has 1 heterocycles. The van der Waals surface area contributed by atoms with Gasteiger partial charge in [-0.1, -0.05) is 0 Å². The molecule has 0 aliphatic heterocycles. The van der Waals surface area contributed by atoms with E-state index >= 15 is 0 Å². The van der Waals surface area contributed by atoms with Crippen molar-refractivity contribution in [1.29, 1.82) is 0 Å². The molecule has 1 atom stereocenters. The van der Waals surface area contributed by atoms with Crippen LogP contribution in [0.15, 0.2) is 23.4 Å². The van der Waals surface area contributed by atoms with E-state index in [1.807, 2.05) is 0 Å². The highest BCUT2D eigenvalue weighted by molar-refractivity contribution is 7.90. The van der Waals surface area contributed by atoms with Crippen molar-refractivity contribution in [3.8, 4) is 0 Å². The highest BCUT2D eigenvalue weighted by Gasteiger charge is 2.31. The molecule has 0 aromatic carbocycles. The first kappa shape index (κ1) is 17.4. The number of carbonyl (C=O) groups is 1. The van der Waals surface area contributed by atoms with E-state index in [1.165, 1.54) is 7.11 Å². The molecule has 0 saturated heterocycles. The zero-order valence-electron chi connectivity index (χ0n) is 11.1. The largest absolute Gasteiger partial charge is 0.417 e. The number of amides is 1. The molecule has 1 N–H and O–H groups in total. The SMILES string of the molecule is COC(C)CC(=O)NS(=O)(=O)c1ccc(C(F)(F)F)cn1. The summed E-state index contributed by atoms with van der Waals surface area (Å²) in [4.78, 5) is 14.7. The summed E-state index contributed by atoms with van der Waals surface area (Å²) in [5.74, 6) is -0.842. The lowest BCUT2D eigenvalue weighted by atomic mass is 10.3. The minimum absolute atomic E-state index is 0.212. The third-order valence-corrected chi connectivity index (χ3v) is 3.75. The molecular formula is C11H13F3N2O4S. The second-order valence-corrected chi connectivity index (χ2v) is 5.79. The van der Waals surface area contributed by atoms with Crippen molar-refractivity contribution in [2.24, 2.45) is 0 Å². The number of rotatable bonds is 5. The second kappa shape index (κ2) is 6.39. The van der Waals surface area contributed by atoms with Gasteiger partial charge in [-0.15, -0.1) is 0 Å². The lowest BCUT2D eigenvalue weighted by molar-refractivity contribution is -0.137. The summed E-state index contributed by atoms with van der Waals surface area (Å²) in [6.07, 6.45) is -4.94. The summed E-state index contributed by atoms with van der Waals surface area (Å²) >= 11 is 0. The van der Waals surface area contributed by atoms with Crippen molar-refractivity contribution in [2.75, 3.05) is 7.11 Å². The van der Waals surface area contributed by atoms with E-state index in [0.29, 0.717) is 18.3 Å². The molecule has 10 heteroatoms. The maximum Gasteiger partial charge on any atom is 0.417 e. The van der Waals surface area contributed by atoms with Crippen LogP contribution >= 0.6 is 0 Å². The van der Waals surface area contributed by atoms with Crippen LogP contribution in [0.3, 0.4) is 0 Å². The standard InChI is InChI=1S/C11H13F3N2O4S/c1-7(20-2)5-9(17)16-21(18,19)10-4-3-8(6-15-10)11(12,13)14/h3-4,6-7H,5H2,1-2H3,(H,16,17). The Morgan fingerprint density at radius 1 is 1.43 bits per heavy atom. The van der Waals surface area contributed by atoms with Crippen molar-refractivity contribution < 1.29 is 31.1 Å². The number of carbonyl (C=O) groups excluding carboxylic acids is 1. The number of nitrogens with one attached hydrogen (secondary N) is 1. The second-order valence-electron chi connectivity index (χ2n) is 4.16. The quantitative estimate of drug-likeness (QED) is 0.882. The van der Waals surface area contributed by atoms with Crippen LogP contribution in [0.2, 0.25) is 0 Å². The molecule has 1 aromatic rings. The van der Waals surface area contributed by atoms with E-state index in [1.54, 1.807) is 11.6 Å². The van der Waals surface area contributed by atoms with Gasteiger partial charge in [-0.2, -0.15) is 21.6 Å². The molecule has 1 aromatic heterocycles. The number of sulfonamides is 1. The number of pyridine rings is 1. The Bertz CT molecular complexity index is 599. The van der Waals surface area contributed by atoms with Crippen LogP contribution in [0.1, 0.15) is 18.9 Å². The summed E-state index contributed by atoms with van der Waals surface area (Å²) in [5, 5.41) is -0.672. The Morgan fingerprint density at radius 2 is 2.05 bits per heavy atom. The van der Waals surface area contributed by atoms with Gasteiger partial charge in [-0.3, -0.25) is 4.79 Å². The molecule has 118 valence electrons. The molecule has 0 aliphatic carbocycles. The summed E-state index contributed by atoms with van der Waals surface area (Å²) in [7, 11) is -2.96. The van der Waals surface area contributed by atoms with Crippen LogP contribution in [0.5, 0.6) is 0 Å². The van der Waals surface area contributed by atoms with Crippen molar-refractivity contribution in [2.45, 2.75) is 30.7 Å². The molecule has 0 bridgehead atoms. The van der Waals surface area contributed by atoms with E-state index < -0.39 is 38.8 Å². The maximum absolute atomic E-state index is 12.3. The highest BCUT2D eigenvalue weighted by Crippen LogP contribution is 2.28. The molecule has 0 saturated carbocycles. The van der Waals surface area contributed by atoms with Crippen LogP contribution in [0.25, 0.3) is 0 Å². The van der Waals surface area contributed by atoms with E-state index in [-0.39, 0.29) is 6.42 Å². The number of hydrogen-bond acceptors (Lipinski definition) is 5. The van der Waals surface area contributed by atoms with Crippen LogP contribution < -0.4 is 4.72 Å². The fraction of sp³-hybridized carbons (Fsp3) is 0.455. The van der Waals surface area contributed by atoms with Crippen molar-refractivity contribution in [1.82, 2.24) is 9.71 Å². The smallest absolute Gasteiger partial charge is 0.381 e. The molecule has 21 heavy (non-hydrogen) atoms. The van der Waals surface area contributed by atoms with Gasteiger partial charge in [0.25, 0.3) is 10.0 Å². The average molecular weight is 326 g/mol. The van der Waals surface area contributed by atoms with Gasteiger partial charge in [0.05, 0.1) is 18.1 Å². The van der Waals surface area contributed by atoms with Crippen LogP contribution in [-0.2, 0) is 25.7 Å². The first-order valence-electron chi connectivity index (χ1n) is 5.68. The topological polar surface area (TPSA) is 85.4 Å². The Morgan fingerprint density at radius 3 is 2.48 bits per heavy atom. The molecule has 0 aliphatic rings. The monoisotopic (exact) mass is 326 g/mol. The zero-order valence-corrected chi connectivity index (χ0v) is 12.0.